The summed E-state index contributed by atoms with van der Waals surface area (Å²) in [7, 11) is -2.85. The molecule has 2 aromatic carbocycles. The van der Waals surface area contributed by atoms with Gasteiger partial charge in [-0.1, -0.05) is 29.8 Å². The first-order valence-electron chi connectivity index (χ1n) is 15.6. The van der Waals surface area contributed by atoms with Crippen LogP contribution < -0.4 is 16.4 Å². The van der Waals surface area contributed by atoms with Gasteiger partial charge in [0.2, 0.25) is 5.91 Å². The van der Waals surface area contributed by atoms with Crippen molar-refractivity contribution in [2.75, 3.05) is 30.8 Å². The molecule has 3 fully saturated rings. The Bertz CT molecular complexity index is 1230. The van der Waals surface area contributed by atoms with Crippen LogP contribution in [0, 0.1) is 11.7 Å². The highest BCUT2D eigenvalue weighted by atomic mass is 35.5. The van der Waals surface area contributed by atoms with E-state index in [1.54, 1.807) is 12.1 Å². The monoisotopic (exact) mass is 636 g/mol. The number of ether oxygens (including phenoxy) is 1. The predicted molar refractivity (Wildman–Crippen MR) is 172 cm³/mol. The number of carbonyl (C=O) groups is 1. The molecule has 1 aliphatic carbocycles. The SMILES string of the molecule is CCOC1CCC([C@H](c2ccc(Cl)cc2)[C@@H](N)C(=O)Nc2cccc(F)c2CCC2CNC3CCCS(O)(O)N2C3)CC1. The number of hydrogen-bond acceptors (Lipinski definition) is 7. The summed E-state index contributed by atoms with van der Waals surface area (Å²) in [6.45, 7) is 3.87. The summed E-state index contributed by atoms with van der Waals surface area (Å²) >= 11 is 6.18. The van der Waals surface area contributed by atoms with E-state index in [0.717, 1.165) is 44.1 Å². The molecule has 1 saturated carbocycles. The fourth-order valence-corrected chi connectivity index (χ4v) is 9.19. The normalized spacial score (nSPS) is 29.2. The third kappa shape index (κ3) is 7.91. The molecule has 238 valence electrons. The topological polar surface area (TPSA) is 120 Å². The van der Waals surface area contributed by atoms with Crippen molar-refractivity contribution < 1.29 is 23.0 Å². The first-order chi connectivity index (χ1) is 20.7. The summed E-state index contributed by atoms with van der Waals surface area (Å²) in [5, 5.41) is 7.10. The van der Waals surface area contributed by atoms with E-state index in [4.69, 9.17) is 22.1 Å². The molecule has 3 aliphatic rings. The van der Waals surface area contributed by atoms with Crippen LogP contribution in [0.4, 0.5) is 10.1 Å². The number of benzene rings is 2. The number of nitrogens with zero attached hydrogens (tertiary/aromatic N) is 1. The number of anilines is 1. The number of amides is 1. The quantitative estimate of drug-likeness (QED) is 0.212. The molecule has 2 heterocycles. The zero-order chi connectivity index (χ0) is 30.6. The fourth-order valence-electron chi connectivity index (χ4n) is 7.20. The second-order valence-electron chi connectivity index (χ2n) is 12.2. The van der Waals surface area contributed by atoms with Crippen LogP contribution >= 0.6 is 22.4 Å². The van der Waals surface area contributed by atoms with Crippen LogP contribution in [-0.4, -0.2) is 69.0 Å². The highest BCUT2D eigenvalue weighted by molar-refractivity contribution is 8.22. The van der Waals surface area contributed by atoms with Crippen molar-refractivity contribution in [3.05, 3.63) is 64.4 Å². The van der Waals surface area contributed by atoms with E-state index in [-0.39, 0.29) is 35.9 Å². The van der Waals surface area contributed by atoms with E-state index in [1.165, 1.54) is 6.07 Å². The largest absolute Gasteiger partial charge is 0.379 e. The van der Waals surface area contributed by atoms with Crippen LogP contribution in [0.2, 0.25) is 5.02 Å². The molecule has 6 N–H and O–H groups in total. The second-order valence-corrected chi connectivity index (χ2v) is 14.8. The fraction of sp³-hybridized carbons (Fsp3) is 0.594. The number of fused-ring (bicyclic) bond motifs is 2. The molecule has 5 atom stereocenters. The average Bonchev–Trinajstić information content (AvgIpc) is 3.10. The van der Waals surface area contributed by atoms with Gasteiger partial charge in [-0.05, 0) is 94.0 Å². The first kappa shape index (κ1) is 32.6. The number of hydrogen-bond donors (Lipinski definition) is 5. The highest BCUT2D eigenvalue weighted by Crippen LogP contribution is 2.49. The Labute approximate surface area is 261 Å². The number of carbonyl (C=O) groups excluding carboxylic acids is 1. The predicted octanol–water partition coefficient (Wildman–Crippen LogP) is 6.16. The number of halogens is 2. The van der Waals surface area contributed by atoms with Gasteiger partial charge < -0.3 is 21.1 Å². The standard InChI is InChI=1S/C32H46ClFN4O4S/c1-2-42-26-15-10-22(11-16-26)30(21-8-12-23(33)13-9-21)31(35)32(39)37-29-7-3-6-28(34)27(29)17-14-25-19-36-24-5-4-18-43(40,41)38(25)20-24/h3,6-9,12-13,22,24-26,30-31,36,40-41H,2,4-5,10-11,14-20,35H2,1H3,(H,37,39)/t22?,24?,25?,26?,30-,31+/m0/s1. The molecule has 0 radical (unpaired) electrons. The van der Waals surface area contributed by atoms with Gasteiger partial charge in [-0.2, -0.15) is 0 Å². The van der Waals surface area contributed by atoms with Crippen LogP contribution in [0.3, 0.4) is 0 Å². The van der Waals surface area contributed by atoms with Gasteiger partial charge in [-0.3, -0.25) is 13.9 Å². The zero-order valence-corrected chi connectivity index (χ0v) is 26.5. The molecule has 11 heteroatoms. The maximum atomic E-state index is 15.2. The summed E-state index contributed by atoms with van der Waals surface area (Å²) < 4.78 is 44.5. The highest BCUT2D eigenvalue weighted by Gasteiger charge is 2.39. The Morgan fingerprint density at radius 2 is 1.93 bits per heavy atom. The number of nitrogens with two attached hydrogens (primary N) is 1. The molecule has 8 nitrogen and oxygen atoms in total. The maximum Gasteiger partial charge on any atom is 0.241 e. The lowest BCUT2D eigenvalue weighted by Gasteiger charge is -2.49. The van der Waals surface area contributed by atoms with Crippen molar-refractivity contribution in [2.45, 2.75) is 88.4 Å². The molecule has 0 aromatic heterocycles. The van der Waals surface area contributed by atoms with Crippen molar-refractivity contribution in [2.24, 2.45) is 11.7 Å². The Morgan fingerprint density at radius 1 is 1.19 bits per heavy atom. The van der Waals surface area contributed by atoms with Crippen molar-refractivity contribution in [3.63, 3.8) is 0 Å². The van der Waals surface area contributed by atoms with Gasteiger partial charge in [0, 0.05) is 54.0 Å². The minimum Gasteiger partial charge on any atom is -0.379 e. The molecule has 1 amide bonds. The smallest absolute Gasteiger partial charge is 0.241 e. The molecule has 2 aromatic rings. The van der Waals surface area contributed by atoms with E-state index < -0.39 is 22.6 Å². The third-order valence-electron chi connectivity index (χ3n) is 9.47. The van der Waals surface area contributed by atoms with Crippen LogP contribution in [0.25, 0.3) is 0 Å². The molecule has 43 heavy (non-hydrogen) atoms. The van der Waals surface area contributed by atoms with Crippen molar-refractivity contribution in [1.29, 1.82) is 0 Å². The van der Waals surface area contributed by atoms with Gasteiger partial charge in [0.25, 0.3) is 0 Å². The molecular formula is C32H46ClFN4O4S. The molecular weight excluding hydrogens is 591 g/mol. The summed E-state index contributed by atoms with van der Waals surface area (Å²) in [5.74, 6) is -0.433. The van der Waals surface area contributed by atoms with Crippen LogP contribution in [0.5, 0.6) is 0 Å². The van der Waals surface area contributed by atoms with Gasteiger partial charge >= 0.3 is 0 Å². The molecule has 0 spiro atoms. The van der Waals surface area contributed by atoms with Gasteiger partial charge in [0.05, 0.1) is 17.9 Å². The number of nitrogens with one attached hydrogen (secondary N) is 2. The lowest BCUT2D eigenvalue weighted by Crippen LogP contribution is -2.55. The Balaban J connectivity index is 1.31. The lowest BCUT2D eigenvalue weighted by molar-refractivity contribution is -0.118. The zero-order valence-electron chi connectivity index (χ0n) is 24.9. The minimum atomic E-state index is -2.85. The summed E-state index contributed by atoms with van der Waals surface area (Å²) in [6, 6.07) is 11.5. The average molecular weight is 637 g/mol. The Morgan fingerprint density at radius 3 is 2.65 bits per heavy atom. The van der Waals surface area contributed by atoms with Crippen LogP contribution in [0.15, 0.2) is 42.5 Å². The van der Waals surface area contributed by atoms with Crippen LogP contribution in [0.1, 0.15) is 68.9 Å². The van der Waals surface area contributed by atoms with Crippen molar-refractivity contribution in [3.8, 4) is 0 Å². The van der Waals surface area contributed by atoms with E-state index >= 15 is 4.39 Å². The molecule has 5 rings (SSSR count). The maximum absolute atomic E-state index is 15.2. The Hall–Kier alpha value is -1.76. The van der Waals surface area contributed by atoms with Gasteiger partial charge in [0.1, 0.15) is 5.82 Å². The summed E-state index contributed by atoms with van der Waals surface area (Å²) in [4.78, 5) is 13.7. The number of piperazine rings is 1. The lowest BCUT2D eigenvalue weighted by atomic mass is 9.72. The molecule has 2 bridgehead atoms. The van der Waals surface area contributed by atoms with Gasteiger partial charge in [0.15, 0.2) is 0 Å². The summed E-state index contributed by atoms with van der Waals surface area (Å²) in [5.41, 5.74) is 8.51. The molecule has 3 unspecified atom stereocenters. The van der Waals surface area contributed by atoms with Gasteiger partial charge in [-0.25, -0.2) is 8.70 Å². The van der Waals surface area contributed by atoms with Crippen LogP contribution in [-0.2, 0) is 16.0 Å². The van der Waals surface area contributed by atoms with E-state index in [0.29, 0.717) is 54.6 Å². The summed E-state index contributed by atoms with van der Waals surface area (Å²) in [6.07, 6.45) is 6.39. The van der Waals surface area contributed by atoms with E-state index in [9.17, 15) is 13.9 Å². The molecule has 2 saturated heterocycles. The Kier molecular flexibility index (Phi) is 11.0. The van der Waals surface area contributed by atoms with Gasteiger partial charge in [-0.15, -0.1) is 10.8 Å². The molecule has 2 aliphatic heterocycles. The third-order valence-corrected chi connectivity index (χ3v) is 11.8. The van der Waals surface area contributed by atoms with E-state index in [2.05, 4.69) is 10.6 Å². The van der Waals surface area contributed by atoms with E-state index in [1.807, 2.05) is 35.5 Å². The minimum absolute atomic E-state index is 0.147. The van der Waals surface area contributed by atoms with Crippen molar-refractivity contribution >= 4 is 34.0 Å². The number of rotatable bonds is 10. The first-order valence-corrected chi connectivity index (χ1v) is 17.7. The second kappa shape index (κ2) is 14.6. The van der Waals surface area contributed by atoms with Crippen molar-refractivity contribution in [1.82, 2.24) is 9.62 Å².